The zero-order valence-electron chi connectivity index (χ0n) is 10.7. The Kier molecular flexibility index (Phi) is 7.02. The second-order valence-corrected chi connectivity index (χ2v) is 5.01. The quantitative estimate of drug-likeness (QED) is 0.471. The molecule has 0 aromatic heterocycles. The van der Waals surface area contributed by atoms with Crippen LogP contribution in [0.5, 0.6) is 5.75 Å². The molecule has 0 amide bonds. The molecule has 17 heavy (non-hydrogen) atoms. The van der Waals surface area contributed by atoms with E-state index in [1.54, 1.807) is 0 Å². The minimum Gasteiger partial charge on any atom is -0.450 e. The van der Waals surface area contributed by atoms with E-state index in [9.17, 15) is 0 Å². The molecule has 0 aliphatic heterocycles. The largest absolute Gasteiger partial charge is 0.450 e. The molecule has 0 heterocycles. The SMILES string of the molecule is CCCCCC/C=C(\Br)Oc1ccccc1C. The van der Waals surface area contributed by atoms with E-state index in [-0.39, 0.29) is 0 Å². The van der Waals surface area contributed by atoms with E-state index in [1.165, 1.54) is 25.7 Å². The minimum atomic E-state index is 0.822. The van der Waals surface area contributed by atoms with E-state index in [0.29, 0.717) is 0 Å². The van der Waals surface area contributed by atoms with Gasteiger partial charge >= 0.3 is 0 Å². The minimum absolute atomic E-state index is 0.822. The van der Waals surface area contributed by atoms with Crippen LogP contribution >= 0.6 is 15.9 Å². The Labute approximate surface area is 113 Å². The maximum atomic E-state index is 5.73. The predicted octanol–water partition coefficient (Wildman–Crippen LogP) is 5.58. The summed E-state index contributed by atoms with van der Waals surface area (Å²) in [5, 5.41) is 0. The van der Waals surface area contributed by atoms with Crippen molar-refractivity contribution in [1.82, 2.24) is 0 Å². The van der Waals surface area contributed by atoms with Gasteiger partial charge in [0.2, 0.25) is 0 Å². The van der Waals surface area contributed by atoms with Crippen LogP contribution in [-0.4, -0.2) is 0 Å². The topological polar surface area (TPSA) is 9.23 Å². The number of ether oxygens (including phenoxy) is 1. The lowest BCUT2D eigenvalue weighted by molar-refractivity contribution is 0.462. The van der Waals surface area contributed by atoms with Crippen LogP contribution in [0.3, 0.4) is 0 Å². The first-order valence-corrected chi connectivity index (χ1v) is 7.12. The first-order chi connectivity index (χ1) is 8.24. The van der Waals surface area contributed by atoms with E-state index in [0.717, 1.165) is 22.4 Å². The van der Waals surface area contributed by atoms with E-state index in [4.69, 9.17) is 4.74 Å². The number of para-hydroxylation sites is 1. The molecule has 0 saturated heterocycles. The van der Waals surface area contributed by atoms with E-state index >= 15 is 0 Å². The predicted molar refractivity (Wildman–Crippen MR) is 77.6 cm³/mol. The van der Waals surface area contributed by atoms with Crippen molar-refractivity contribution in [2.24, 2.45) is 0 Å². The van der Waals surface area contributed by atoms with Crippen molar-refractivity contribution in [1.29, 1.82) is 0 Å². The van der Waals surface area contributed by atoms with Crippen molar-refractivity contribution in [3.05, 3.63) is 40.6 Å². The van der Waals surface area contributed by atoms with Gasteiger partial charge in [-0.25, -0.2) is 0 Å². The van der Waals surface area contributed by atoms with Crippen molar-refractivity contribution in [3.8, 4) is 5.75 Å². The average Bonchev–Trinajstić information content (AvgIpc) is 2.32. The molecule has 1 aromatic carbocycles. The van der Waals surface area contributed by atoms with E-state index in [2.05, 4.69) is 41.9 Å². The highest BCUT2D eigenvalue weighted by molar-refractivity contribution is 9.11. The number of aryl methyl sites for hydroxylation is 1. The Morgan fingerprint density at radius 2 is 2.00 bits per heavy atom. The standard InChI is InChI=1S/C15H21BrO/c1-3-4-5-6-7-12-15(16)17-14-11-9-8-10-13(14)2/h8-12H,3-7H2,1-2H3/b15-12+. The molecule has 1 rings (SSSR count). The zero-order valence-corrected chi connectivity index (χ0v) is 12.3. The zero-order chi connectivity index (χ0) is 12.5. The Morgan fingerprint density at radius 3 is 2.71 bits per heavy atom. The molecule has 0 N–H and O–H groups in total. The van der Waals surface area contributed by atoms with Gasteiger partial charge in [-0.05, 0) is 53.4 Å². The van der Waals surface area contributed by atoms with Crippen LogP contribution in [0, 0.1) is 6.92 Å². The van der Waals surface area contributed by atoms with Crippen molar-refractivity contribution >= 4 is 15.9 Å². The molecular weight excluding hydrogens is 276 g/mol. The highest BCUT2D eigenvalue weighted by Gasteiger charge is 1.99. The summed E-state index contributed by atoms with van der Waals surface area (Å²) in [6.07, 6.45) is 8.33. The first kappa shape index (κ1) is 14.3. The number of hydrogen-bond donors (Lipinski definition) is 0. The van der Waals surface area contributed by atoms with Gasteiger partial charge in [0, 0.05) is 0 Å². The van der Waals surface area contributed by atoms with Gasteiger partial charge in [0.15, 0.2) is 4.67 Å². The monoisotopic (exact) mass is 296 g/mol. The molecule has 0 spiro atoms. The summed E-state index contributed by atoms with van der Waals surface area (Å²) in [4.78, 5) is 0. The van der Waals surface area contributed by atoms with Gasteiger partial charge < -0.3 is 4.74 Å². The summed E-state index contributed by atoms with van der Waals surface area (Å²) in [6.45, 7) is 4.28. The van der Waals surface area contributed by atoms with Gasteiger partial charge in [0.25, 0.3) is 0 Å². The molecule has 1 nitrogen and oxygen atoms in total. The fraction of sp³-hybridized carbons (Fsp3) is 0.467. The molecule has 1 aromatic rings. The Morgan fingerprint density at radius 1 is 1.24 bits per heavy atom. The van der Waals surface area contributed by atoms with Crippen molar-refractivity contribution in [2.45, 2.75) is 46.0 Å². The molecule has 0 unspecified atom stereocenters. The van der Waals surface area contributed by atoms with Crippen molar-refractivity contribution in [2.75, 3.05) is 0 Å². The molecule has 0 aliphatic rings. The van der Waals surface area contributed by atoms with Crippen LogP contribution < -0.4 is 4.74 Å². The number of benzene rings is 1. The molecule has 0 aliphatic carbocycles. The number of hydrogen-bond acceptors (Lipinski definition) is 1. The highest BCUT2D eigenvalue weighted by Crippen LogP contribution is 2.22. The number of unbranched alkanes of at least 4 members (excludes halogenated alkanes) is 4. The molecule has 0 fully saturated rings. The normalized spacial score (nSPS) is 11.6. The summed E-state index contributed by atoms with van der Waals surface area (Å²) in [6, 6.07) is 8.05. The van der Waals surface area contributed by atoms with Crippen LogP contribution in [0.2, 0.25) is 0 Å². The third-order valence-corrected chi connectivity index (χ3v) is 3.15. The molecule has 94 valence electrons. The Hall–Kier alpha value is -0.760. The van der Waals surface area contributed by atoms with Crippen LogP contribution in [0.4, 0.5) is 0 Å². The van der Waals surface area contributed by atoms with Crippen LogP contribution in [0.15, 0.2) is 35.0 Å². The first-order valence-electron chi connectivity index (χ1n) is 6.33. The lowest BCUT2D eigenvalue weighted by Crippen LogP contribution is -1.90. The number of rotatable bonds is 7. The lowest BCUT2D eigenvalue weighted by atomic mass is 10.1. The molecule has 0 radical (unpaired) electrons. The average molecular weight is 297 g/mol. The Bertz CT molecular complexity index is 358. The molecule has 0 atom stereocenters. The van der Waals surface area contributed by atoms with Gasteiger partial charge in [-0.1, -0.05) is 44.4 Å². The fourth-order valence-corrected chi connectivity index (χ4v) is 2.01. The maximum absolute atomic E-state index is 5.73. The fourth-order valence-electron chi connectivity index (χ4n) is 1.60. The second kappa shape index (κ2) is 8.35. The summed E-state index contributed by atoms with van der Waals surface area (Å²) in [7, 11) is 0. The molecular formula is C15H21BrO. The number of halogens is 1. The van der Waals surface area contributed by atoms with Crippen molar-refractivity contribution < 1.29 is 4.74 Å². The number of allylic oxidation sites excluding steroid dienone is 1. The molecule has 0 saturated carbocycles. The van der Waals surface area contributed by atoms with Crippen molar-refractivity contribution in [3.63, 3.8) is 0 Å². The van der Waals surface area contributed by atoms with Gasteiger partial charge in [-0.3, -0.25) is 0 Å². The van der Waals surface area contributed by atoms with Crippen LogP contribution in [0.25, 0.3) is 0 Å². The second-order valence-electron chi connectivity index (χ2n) is 4.23. The third-order valence-electron chi connectivity index (χ3n) is 2.66. The van der Waals surface area contributed by atoms with Gasteiger partial charge in [-0.15, -0.1) is 0 Å². The maximum Gasteiger partial charge on any atom is 0.165 e. The highest BCUT2D eigenvalue weighted by atomic mass is 79.9. The Balaban J connectivity index is 2.36. The smallest absolute Gasteiger partial charge is 0.165 e. The third kappa shape index (κ3) is 5.92. The van der Waals surface area contributed by atoms with Crippen LogP contribution in [0.1, 0.15) is 44.6 Å². The van der Waals surface area contributed by atoms with Gasteiger partial charge in [-0.2, -0.15) is 0 Å². The molecule has 0 bridgehead atoms. The summed E-state index contributed by atoms with van der Waals surface area (Å²) in [5.41, 5.74) is 1.16. The lowest BCUT2D eigenvalue weighted by Gasteiger charge is -2.07. The summed E-state index contributed by atoms with van der Waals surface area (Å²) >= 11 is 3.46. The summed E-state index contributed by atoms with van der Waals surface area (Å²) in [5.74, 6) is 0.921. The van der Waals surface area contributed by atoms with E-state index in [1.807, 2.05) is 18.2 Å². The van der Waals surface area contributed by atoms with E-state index < -0.39 is 0 Å². The molecule has 2 heteroatoms. The van der Waals surface area contributed by atoms with Gasteiger partial charge in [0.1, 0.15) is 5.75 Å². The van der Waals surface area contributed by atoms with Gasteiger partial charge in [0.05, 0.1) is 0 Å². The van der Waals surface area contributed by atoms with Crippen LogP contribution in [-0.2, 0) is 0 Å². The summed E-state index contributed by atoms with van der Waals surface area (Å²) < 4.78 is 6.55.